The summed E-state index contributed by atoms with van der Waals surface area (Å²) in [5, 5.41) is 0. The normalized spacial score (nSPS) is 10.7. The Labute approximate surface area is 102 Å². The number of carbonyl (C=O) groups is 1. The van der Waals surface area contributed by atoms with Crippen molar-refractivity contribution in [2.75, 3.05) is 27.2 Å². The molecule has 0 atom stereocenters. The minimum absolute atomic E-state index is 0.190. The van der Waals surface area contributed by atoms with E-state index in [0.717, 1.165) is 16.8 Å². The number of ether oxygens (including phenoxy) is 1. The van der Waals surface area contributed by atoms with Crippen LogP contribution in [0.4, 0.5) is 0 Å². The minimum Gasteiger partial charge on any atom is -0.468 e. The Balaban J connectivity index is 2.28. The summed E-state index contributed by atoms with van der Waals surface area (Å²) in [7, 11) is 3.33. The van der Waals surface area contributed by atoms with Crippen molar-refractivity contribution in [3.05, 3.63) is 20.8 Å². The van der Waals surface area contributed by atoms with Crippen molar-refractivity contribution >= 4 is 33.2 Å². The number of likely N-dealkylation sites (N-methyl/N-ethyl adjacent to an activating group) is 1. The molecule has 15 heavy (non-hydrogen) atoms. The molecule has 0 saturated carbocycles. The molecule has 0 aliphatic rings. The summed E-state index contributed by atoms with van der Waals surface area (Å²) in [5.41, 5.74) is 0. The van der Waals surface area contributed by atoms with E-state index in [2.05, 4.69) is 26.7 Å². The maximum Gasteiger partial charge on any atom is 0.319 e. The van der Waals surface area contributed by atoms with E-state index >= 15 is 0 Å². The van der Waals surface area contributed by atoms with E-state index in [9.17, 15) is 4.79 Å². The van der Waals surface area contributed by atoms with Crippen LogP contribution in [0.25, 0.3) is 0 Å². The molecule has 0 aromatic carbocycles. The molecule has 0 N–H and O–H groups in total. The number of rotatable bonds is 5. The first-order valence-corrected chi connectivity index (χ1v) is 6.22. The van der Waals surface area contributed by atoms with Gasteiger partial charge in [0.1, 0.15) is 0 Å². The van der Waals surface area contributed by atoms with Gasteiger partial charge in [-0.1, -0.05) is 0 Å². The van der Waals surface area contributed by atoms with Gasteiger partial charge in [-0.15, -0.1) is 11.3 Å². The van der Waals surface area contributed by atoms with E-state index in [1.165, 1.54) is 12.0 Å². The van der Waals surface area contributed by atoms with Crippen molar-refractivity contribution in [3.8, 4) is 0 Å². The Bertz CT molecular complexity index is 327. The van der Waals surface area contributed by atoms with Crippen LogP contribution in [-0.4, -0.2) is 38.1 Å². The van der Waals surface area contributed by atoms with Crippen LogP contribution in [0.5, 0.6) is 0 Å². The summed E-state index contributed by atoms with van der Waals surface area (Å²) in [5.74, 6) is -0.190. The number of hydrogen-bond acceptors (Lipinski definition) is 4. The molecular formula is C10H14BrNO2S. The molecule has 0 aliphatic carbocycles. The molecule has 0 spiro atoms. The first kappa shape index (κ1) is 12.7. The van der Waals surface area contributed by atoms with Gasteiger partial charge in [0.25, 0.3) is 0 Å². The van der Waals surface area contributed by atoms with E-state index in [0.29, 0.717) is 6.54 Å². The average Bonchev–Trinajstić information content (AvgIpc) is 2.61. The van der Waals surface area contributed by atoms with Gasteiger partial charge >= 0.3 is 5.97 Å². The molecule has 3 nitrogen and oxygen atoms in total. The summed E-state index contributed by atoms with van der Waals surface area (Å²) in [4.78, 5) is 14.2. The Morgan fingerprint density at radius 3 is 2.87 bits per heavy atom. The Morgan fingerprint density at radius 1 is 1.60 bits per heavy atom. The smallest absolute Gasteiger partial charge is 0.319 e. The number of nitrogens with zero attached hydrogens (tertiary/aromatic N) is 1. The van der Waals surface area contributed by atoms with Gasteiger partial charge in [0.05, 0.1) is 17.4 Å². The summed E-state index contributed by atoms with van der Waals surface area (Å²) in [6, 6.07) is 4.14. The predicted octanol–water partition coefficient (Wildman–Crippen LogP) is 2.16. The zero-order valence-corrected chi connectivity index (χ0v) is 11.2. The highest BCUT2D eigenvalue weighted by molar-refractivity contribution is 9.11. The van der Waals surface area contributed by atoms with Crippen molar-refractivity contribution in [1.82, 2.24) is 4.90 Å². The molecule has 0 saturated heterocycles. The molecule has 1 aromatic heterocycles. The lowest BCUT2D eigenvalue weighted by Gasteiger charge is -2.13. The van der Waals surface area contributed by atoms with Crippen molar-refractivity contribution in [2.45, 2.75) is 6.42 Å². The third-order valence-corrected chi connectivity index (χ3v) is 3.68. The fourth-order valence-electron chi connectivity index (χ4n) is 1.15. The third kappa shape index (κ3) is 4.77. The molecule has 0 amide bonds. The zero-order chi connectivity index (χ0) is 11.3. The summed E-state index contributed by atoms with van der Waals surface area (Å²) < 4.78 is 5.74. The fourth-order valence-corrected chi connectivity index (χ4v) is 2.62. The van der Waals surface area contributed by atoms with Gasteiger partial charge in [-0.05, 0) is 41.5 Å². The molecule has 1 heterocycles. The van der Waals surface area contributed by atoms with Gasteiger partial charge in [-0.25, -0.2) is 0 Å². The van der Waals surface area contributed by atoms with Gasteiger partial charge < -0.3 is 4.74 Å². The zero-order valence-electron chi connectivity index (χ0n) is 8.83. The van der Waals surface area contributed by atoms with Crippen molar-refractivity contribution < 1.29 is 9.53 Å². The lowest BCUT2D eigenvalue weighted by atomic mass is 10.3. The third-order valence-electron chi connectivity index (χ3n) is 2.00. The number of halogens is 1. The van der Waals surface area contributed by atoms with Crippen LogP contribution in [0, 0.1) is 0 Å². The molecule has 0 radical (unpaired) electrons. The van der Waals surface area contributed by atoms with Gasteiger partial charge in [0.15, 0.2) is 0 Å². The quantitative estimate of drug-likeness (QED) is 0.779. The second kappa shape index (κ2) is 6.25. The monoisotopic (exact) mass is 291 g/mol. The fraction of sp³-hybridized carbons (Fsp3) is 0.500. The Hall–Kier alpha value is -0.390. The van der Waals surface area contributed by atoms with Crippen molar-refractivity contribution in [2.24, 2.45) is 0 Å². The molecular weight excluding hydrogens is 278 g/mol. The molecule has 5 heteroatoms. The van der Waals surface area contributed by atoms with Crippen LogP contribution < -0.4 is 0 Å². The van der Waals surface area contributed by atoms with Crippen LogP contribution >= 0.6 is 27.3 Å². The maximum atomic E-state index is 11.0. The van der Waals surface area contributed by atoms with Crippen LogP contribution in [0.1, 0.15) is 4.88 Å². The lowest BCUT2D eigenvalue weighted by Crippen LogP contribution is -2.28. The van der Waals surface area contributed by atoms with Gasteiger partial charge in [-0.2, -0.15) is 0 Å². The highest BCUT2D eigenvalue weighted by Crippen LogP contribution is 2.22. The highest BCUT2D eigenvalue weighted by Gasteiger charge is 2.06. The second-order valence-electron chi connectivity index (χ2n) is 3.27. The van der Waals surface area contributed by atoms with E-state index in [1.807, 2.05) is 18.0 Å². The Morgan fingerprint density at radius 2 is 2.33 bits per heavy atom. The number of carbonyl (C=O) groups excluding carboxylic acids is 1. The lowest BCUT2D eigenvalue weighted by molar-refractivity contribution is -0.141. The van der Waals surface area contributed by atoms with Crippen LogP contribution in [-0.2, 0) is 16.0 Å². The summed E-state index contributed by atoms with van der Waals surface area (Å²) in [6.07, 6.45) is 0.962. The number of hydrogen-bond donors (Lipinski definition) is 0. The minimum atomic E-state index is -0.190. The van der Waals surface area contributed by atoms with Crippen molar-refractivity contribution in [1.29, 1.82) is 0 Å². The maximum absolute atomic E-state index is 11.0. The number of methoxy groups -OCH3 is 1. The summed E-state index contributed by atoms with van der Waals surface area (Å²) in [6.45, 7) is 1.21. The van der Waals surface area contributed by atoms with Gasteiger partial charge in [0.2, 0.25) is 0 Å². The largest absolute Gasteiger partial charge is 0.468 e. The molecule has 0 bridgehead atoms. The first-order chi connectivity index (χ1) is 7.11. The standard InChI is InChI=1S/C10H14BrNO2S/c1-12(7-10(13)14-2)6-5-8-3-4-9(11)15-8/h3-4H,5-7H2,1-2H3. The van der Waals surface area contributed by atoms with E-state index in [-0.39, 0.29) is 5.97 Å². The molecule has 1 aromatic rings. The molecule has 0 fully saturated rings. The second-order valence-corrected chi connectivity index (χ2v) is 5.82. The SMILES string of the molecule is COC(=O)CN(C)CCc1ccc(Br)s1. The van der Waals surface area contributed by atoms with Crippen molar-refractivity contribution in [3.63, 3.8) is 0 Å². The number of thiophene rings is 1. The molecule has 0 aliphatic heterocycles. The van der Waals surface area contributed by atoms with Crippen LogP contribution in [0.15, 0.2) is 15.9 Å². The first-order valence-electron chi connectivity index (χ1n) is 4.61. The number of esters is 1. The van der Waals surface area contributed by atoms with E-state index in [4.69, 9.17) is 0 Å². The topological polar surface area (TPSA) is 29.5 Å². The van der Waals surface area contributed by atoms with Crippen LogP contribution in [0.3, 0.4) is 0 Å². The highest BCUT2D eigenvalue weighted by atomic mass is 79.9. The molecule has 84 valence electrons. The average molecular weight is 292 g/mol. The van der Waals surface area contributed by atoms with Gasteiger partial charge in [0, 0.05) is 11.4 Å². The van der Waals surface area contributed by atoms with Crippen LogP contribution in [0.2, 0.25) is 0 Å². The summed E-state index contributed by atoms with van der Waals surface area (Å²) >= 11 is 5.15. The van der Waals surface area contributed by atoms with Gasteiger partial charge in [-0.3, -0.25) is 9.69 Å². The molecule has 1 rings (SSSR count). The van der Waals surface area contributed by atoms with E-state index < -0.39 is 0 Å². The Kier molecular flexibility index (Phi) is 5.28. The predicted molar refractivity (Wildman–Crippen MR) is 65.2 cm³/mol. The molecule has 0 unspecified atom stereocenters. The van der Waals surface area contributed by atoms with E-state index in [1.54, 1.807) is 11.3 Å².